The average molecular weight is 152 g/mol. The van der Waals surface area contributed by atoms with Crippen LogP contribution in [0.15, 0.2) is 0 Å². The van der Waals surface area contributed by atoms with E-state index < -0.39 is 6.09 Å². The van der Waals surface area contributed by atoms with Gasteiger partial charge in [0.25, 0.3) is 0 Å². The van der Waals surface area contributed by atoms with Gasteiger partial charge in [-0.25, -0.2) is 4.79 Å². The largest absolute Gasteiger partial charge is 0.465 e. The van der Waals surface area contributed by atoms with Crippen LogP contribution < -0.4 is 5.32 Å². The van der Waals surface area contributed by atoms with Gasteiger partial charge >= 0.3 is 6.09 Å². The molecule has 3 aliphatic rings. The van der Waals surface area contributed by atoms with Gasteiger partial charge in [-0.3, -0.25) is 0 Å². The number of rotatable bonds is 1. The molecule has 3 aliphatic carbocycles. The fourth-order valence-electron chi connectivity index (χ4n) is 2.27. The molecule has 0 heterocycles. The Kier molecular flexibility index (Phi) is 0.881. The average Bonchev–Trinajstić information content (AvgIpc) is 1.74. The standard InChI is InChI=1S/C7H8N2O2/c8-4-6-1-7(2-6,3-6)9-5(10)11/h9H,1-3H2,(H,10,11). The van der Waals surface area contributed by atoms with Gasteiger partial charge in [-0.15, -0.1) is 0 Å². The lowest BCUT2D eigenvalue weighted by atomic mass is 9.40. The minimum atomic E-state index is -0.976. The number of nitrogens with one attached hydrogen (secondary N) is 1. The van der Waals surface area contributed by atoms with Crippen LogP contribution in [0.2, 0.25) is 0 Å². The second-order valence-electron chi connectivity index (χ2n) is 3.63. The Morgan fingerprint density at radius 1 is 1.55 bits per heavy atom. The van der Waals surface area contributed by atoms with Crippen LogP contribution in [-0.2, 0) is 0 Å². The number of hydrogen-bond acceptors (Lipinski definition) is 2. The number of nitriles is 1. The number of hydrogen-bond donors (Lipinski definition) is 2. The lowest BCUT2D eigenvalue weighted by Gasteiger charge is -2.66. The number of nitrogens with zero attached hydrogens (tertiary/aromatic N) is 1. The first kappa shape index (κ1) is 6.47. The van der Waals surface area contributed by atoms with Crippen molar-refractivity contribution in [3.63, 3.8) is 0 Å². The Morgan fingerprint density at radius 3 is 2.45 bits per heavy atom. The van der Waals surface area contributed by atoms with Gasteiger partial charge in [-0.1, -0.05) is 0 Å². The van der Waals surface area contributed by atoms with Gasteiger partial charge in [-0.05, 0) is 19.3 Å². The minimum absolute atomic E-state index is 0.164. The van der Waals surface area contributed by atoms with E-state index in [-0.39, 0.29) is 11.0 Å². The van der Waals surface area contributed by atoms with Crippen molar-refractivity contribution in [3.8, 4) is 6.07 Å². The molecule has 0 spiro atoms. The molecule has 0 atom stereocenters. The van der Waals surface area contributed by atoms with E-state index in [1.54, 1.807) is 0 Å². The first-order chi connectivity index (χ1) is 5.10. The van der Waals surface area contributed by atoms with Gasteiger partial charge in [0.1, 0.15) is 0 Å². The molecule has 3 saturated carbocycles. The van der Waals surface area contributed by atoms with E-state index in [0.717, 1.165) is 0 Å². The SMILES string of the molecule is N#CC12CC(NC(=O)O)(C1)C2. The third-order valence-corrected chi connectivity index (χ3v) is 2.64. The van der Waals surface area contributed by atoms with Crippen LogP contribution in [0.3, 0.4) is 0 Å². The van der Waals surface area contributed by atoms with Gasteiger partial charge in [0.2, 0.25) is 0 Å². The highest BCUT2D eigenvalue weighted by molar-refractivity contribution is 5.67. The molecule has 0 aromatic carbocycles. The van der Waals surface area contributed by atoms with Crippen molar-refractivity contribution < 1.29 is 9.90 Å². The molecule has 0 aliphatic heterocycles. The molecule has 0 unspecified atom stereocenters. The van der Waals surface area contributed by atoms with Crippen LogP contribution in [0, 0.1) is 16.7 Å². The maximum atomic E-state index is 10.2. The van der Waals surface area contributed by atoms with Gasteiger partial charge in [0, 0.05) is 5.54 Å². The summed E-state index contributed by atoms with van der Waals surface area (Å²) in [6.45, 7) is 0. The summed E-state index contributed by atoms with van der Waals surface area (Å²) in [5.74, 6) is 0. The van der Waals surface area contributed by atoms with Crippen molar-refractivity contribution in [1.82, 2.24) is 5.32 Å². The number of amides is 1. The van der Waals surface area contributed by atoms with Crippen LogP contribution in [0.5, 0.6) is 0 Å². The zero-order valence-corrected chi connectivity index (χ0v) is 5.92. The fraction of sp³-hybridized carbons (Fsp3) is 0.714. The summed E-state index contributed by atoms with van der Waals surface area (Å²) in [4.78, 5) is 10.2. The third-order valence-electron chi connectivity index (χ3n) is 2.64. The molecule has 4 heteroatoms. The second kappa shape index (κ2) is 1.50. The fourth-order valence-corrected chi connectivity index (χ4v) is 2.27. The first-order valence-corrected chi connectivity index (χ1v) is 3.52. The molecule has 1 amide bonds. The Morgan fingerprint density at radius 2 is 2.09 bits per heavy atom. The molecule has 11 heavy (non-hydrogen) atoms. The zero-order valence-electron chi connectivity index (χ0n) is 5.92. The van der Waals surface area contributed by atoms with Crippen LogP contribution in [0.4, 0.5) is 4.79 Å². The Labute approximate surface area is 63.8 Å². The van der Waals surface area contributed by atoms with E-state index in [0.29, 0.717) is 19.3 Å². The smallest absolute Gasteiger partial charge is 0.405 e. The van der Waals surface area contributed by atoms with E-state index in [1.807, 2.05) is 0 Å². The van der Waals surface area contributed by atoms with E-state index >= 15 is 0 Å². The maximum Gasteiger partial charge on any atom is 0.405 e. The molecule has 2 bridgehead atoms. The van der Waals surface area contributed by atoms with E-state index in [1.165, 1.54) is 0 Å². The highest BCUT2D eigenvalue weighted by atomic mass is 16.4. The van der Waals surface area contributed by atoms with Gasteiger partial charge in [0.05, 0.1) is 11.5 Å². The highest BCUT2D eigenvalue weighted by Gasteiger charge is 2.69. The Hall–Kier alpha value is -1.24. The highest BCUT2D eigenvalue weighted by Crippen LogP contribution is 2.66. The molecule has 0 aromatic heterocycles. The molecular formula is C7H8N2O2. The quantitative estimate of drug-likeness (QED) is 0.580. The summed E-state index contributed by atoms with van der Waals surface area (Å²) in [7, 11) is 0. The molecule has 0 saturated heterocycles. The van der Waals surface area contributed by atoms with E-state index in [9.17, 15) is 4.79 Å². The monoisotopic (exact) mass is 152 g/mol. The van der Waals surface area contributed by atoms with E-state index in [4.69, 9.17) is 10.4 Å². The van der Waals surface area contributed by atoms with E-state index in [2.05, 4.69) is 11.4 Å². The zero-order chi connectivity index (χ0) is 8.11. The summed E-state index contributed by atoms with van der Waals surface area (Å²) in [5, 5.41) is 19.5. The van der Waals surface area contributed by atoms with Gasteiger partial charge < -0.3 is 10.4 Å². The molecular weight excluding hydrogens is 144 g/mol. The molecule has 4 nitrogen and oxygen atoms in total. The predicted molar refractivity (Wildman–Crippen MR) is 35.8 cm³/mol. The summed E-state index contributed by atoms with van der Waals surface area (Å²) in [6.07, 6.45) is 1.16. The number of carboxylic acid groups (broad SMARTS) is 1. The van der Waals surface area contributed by atoms with Gasteiger partial charge in [0.15, 0.2) is 0 Å². The van der Waals surface area contributed by atoms with Crippen molar-refractivity contribution in [2.24, 2.45) is 5.41 Å². The lowest BCUT2D eigenvalue weighted by Crippen LogP contribution is -2.74. The Bertz CT molecular complexity index is 246. The molecule has 2 N–H and O–H groups in total. The van der Waals surface area contributed by atoms with Crippen LogP contribution in [0.25, 0.3) is 0 Å². The number of carbonyl (C=O) groups is 1. The van der Waals surface area contributed by atoms with Crippen LogP contribution in [-0.4, -0.2) is 16.7 Å². The van der Waals surface area contributed by atoms with Crippen molar-refractivity contribution in [2.75, 3.05) is 0 Å². The summed E-state index contributed by atoms with van der Waals surface area (Å²) in [5.41, 5.74) is -0.385. The summed E-state index contributed by atoms with van der Waals surface area (Å²) in [6, 6.07) is 2.21. The predicted octanol–water partition coefficient (Wildman–Crippen LogP) is 0.700. The summed E-state index contributed by atoms with van der Waals surface area (Å²) < 4.78 is 0. The van der Waals surface area contributed by atoms with Crippen molar-refractivity contribution in [2.45, 2.75) is 24.8 Å². The minimum Gasteiger partial charge on any atom is -0.465 e. The first-order valence-electron chi connectivity index (χ1n) is 3.52. The molecule has 0 radical (unpaired) electrons. The third kappa shape index (κ3) is 0.653. The summed E-state index contributed by atoms with van der Waals surface area (Å²) >= 11 is 0. The van der Waals surface area contributed by atoms with Crippen molar-refractivity contribution in [1.29, 1.82) is 5.26 Å². The van der Waals surface area contributed by atoms with Crippen molar-refractivity contribution in [3.05, 3.63) is 0 Å². The molecule has 0 aromatic rings. The Balaban J connectivity index is 1.95. The lowest BCUT2D eigenvalue weighted by molar-refractivity contribution is -0.104. The van der Waals surface area contributed by atoms with Gasteiger partial charge in [-0.2, -0.15) is 5.26 Å². The molecule has 58 valence electrons. The van der Waals surface area contributed by atoms with Crippen molar-refractivity contribution >= 4 is 6.09 Å². The van der Waals surface area contributed by atoms with Crippen LogP contribution >= 0.6 is 0 Å². The molecule has 3 rings (SSSR count). The second-order valence-corrected chi connectivity index (χ2v) is 3.63. The topological polar surface area (TPSA) is 73.1 Å². The maximum absolute atomic E-state index is 10.2. The molecule has 3 fully saturated rings. The normalized spacial score (nSPS) is 44.6. The van der Waals surface area contributed by atoms with Crippen LogP contribution in [0.1, 0.15) is 19.3 Å².